The molecule has 2 rings (SSSR count). The second-order valence-electron chi connectivity index (χ2n) is 5.25. The fraction of sp³-hybridized carbons (Fsp3) is 0.438. The van der Waals surface area contributed by atoms with Gasteiger partial charge >= 0.3 is 6.03 Å². The fourth-order valence-electron chi connectivity index (χ4n) is 1.86. The van der Waals surface area contributed by atoms with E-state index in [0.717, 1.165) is 6.42 Å². The number of urea groups is 1. The number of carbonyl (C=O) groups excluding carboxylic acids is 1. The van der Waals surface area contributed by atoms with E-state index in [1.807, 2.05) is 6.92 Å². The highest BCUT2D eigenvalue weighted by atomic mass is 19.1. The highest BCUT2D eigenvalue weighted by Crippen LogP contribution is 2.13. The molecule has 0 saturated heterocycles. The average Bonchev–Trinajstić information content (AvgIpc) is 3.05. The van der Waals surface area contributed by atoms with E-state index < -0.39 is 0 Å². The highest BCUT2D eigenvalue weighted by molar-refractivity contribution is 5.73. The van der Waals surface area contributed by atoms with Gasteiger partial charge in [-0.25, -0.2) is 9.18 Å². The molecule has 1 aromatic carbocycles. The van der Waals surface area contributed by atoms with Gasteiger partial charge in [0.05, 0.1) is 0 Å². The number of benzene rings is 1. The third-order valence-electron chi connectivity index (χ3n) is 3.23. The van der Waals surface area contributed by atoms with Crippen LogP contribution in [0.2, 0.25) is 0 Å². The molecule has 130 valence electrons. The van der Waals surface area contributed by atoms with Gasteiger partial charge in [-0.3, -0.25) is 0 Å². The molecule has 2 amide bonds. The predicted octanol–water partition coefficient (Wildman–Crippen LogP) is 2.38. The standard InChI is InChI=1S/C16H21FN4O3/c1-3-9-18-16(22)21(2)10-8-14-19-15(24-20-14)11-23-13-6-4-12(17)5-7-13/h4-7H,3,8-11H2,1-2H3,(H,18,22). The number of nitrogens with zero attached hydrogens (tertiary/aromatic N) is 3. The van der Waals surface area contributed by atoms with Crippen molar-refractivity contribution in [3.8, 4) is 5.75 Å². The van der Waals surface area contributed by atoms with E-state index in [0.29, 0.717) is 37.0 Å². The molecule has 0 bridgehead atoms. The van der Waals surface area contributed by atoms with E-state index in [2.05, 4.69) is 15.5 Å². The molecule has 0 saturated carbocycles. The maximum atomic E-state index is 12.8. The predicted molar refractivity (Wildman–Crippen MR) is 85.1 cm³/mol. The van der Waals surface area contributed by atoms with Gasteiger partial charge in [0.15, 0.2) is 12.4 Å². The number of likely N-dealkylation sites (N-methyl/N-ethyl adjacent to an activating group) is 1. The van der Waals surface area contributed by atoms with E-state index in [-0.39, 0.29) is 18.5 Å². The number of amides is 2. The molecule has 0 atom stereocenters. The monoisotopic (exact) mass is 336 g/mol. The first kappa shape index (κ1) is 17.7. The zero-order valence-corrected chi connectivity index (χ0v) is 13.8. The maximum Gasteiger partial charge on any atom is 0.317 e. The smallest absolute Gasteiger partial charge is 0.317 e. The molecular formula is C16H21FN4O3. The van der Waals surface area contributed by atoms with Crippen LogP contribution < -0.4 is 10.1 Å². The number of nitrogens with one attached hydrogen (secondary N) is 1. The van der Waals surface area contributed by atoms with Crippen LogP contribution in [0, 0.1) is 5.82 Å². The first-order chi connectivity index (χ1) is 11.6. The van der Waals surface area contributed by atoms with Gasteiger partial charge in [0.1, 0.15) is 11.6 Å². The number of ether oxygens (including phenoxy) is 1. The van der Waals surface area contributed by atoms with E-state index in [1.54, 1.807) is 11.9 Å². The van der Waals surface area contributed by atoms with Crippen molar-refractivity contribution < 1.29 is 18.4 Å². The Morgan fingerprint density at radius 3 is 2.83 bits per heavy atom. The quantitative estimate of drug-likeness (QED) is 0.800. The summed E-state index contributed by atoms with van der Waals surface area (Å²) in [5.41, 5.74) is 0. The first-order valence-corrected chi connectivity index (χ1v) is 7.77. The summed E-state index contributed by atoms with van der Waals surface area (Å²) in [6.45, 7) is 3.23. The maximum absolute atomic E-state index is 12.8. The van der Waals surface area contributed by atoms with Crippen molar-refractivity contribution in [2.75, 3.05) is 20.1 Å². The largest absolute Gasteiger partial charge is 0.484 e. The lowest BCUT2D eigenvalue weighted by molar-refractivity contribution is 0.209. The minimum atomic E-state index is -0.325. The molecule has 0 aliphatic rings. The van der Waals surface area contributed by atoms with E-state index in [1.165, 1.54) is 24.3 Å². The Hall–Kier alpha value is -2.64. The summed E-state index contributed by atoms with van der Waals surface area (Å²) in [6.07, 6.45) is 1.37. The summed E-state index contributed by atoms with van der Waals surface area (Å²) in [5, 5.41) is 6.64. The second-order valence-corrected chi connectivity index (χ2v) is 5.25. The summed E-state index contributed by atoms with van der Waals surface area (Å²) >= 11 is 0. The van der Waals surface area contributed by atoms with Crippen LogP contribution in [0.4, 0.5) is 9.18 Å². The minimum absolute atomic E-state index is 0.103. The Labute approximate surface area is 139 Å². The SMILES string of the molecule is CCCNC(=O)N(C)CCc1noc(COc2ccc(F)cc2)n1. The van der Waals surface area contributed by atoms with Gasteiger partial charge in [-0.05, 0) is 30.7 Å². The molecule has 0 radical (unpaired) electrons. The van der Waals surface area contributed by atoms with Gasteiger partial charge in [-0.15, -0.1) is 0 Å². The Bertz CT molecular complexity index is 645. The van der Waals surface area contributed by atoms with Crippen LogP contribution >= 0.6 is 0 Å². The van der Waals surface area contributed by atoms with Gasteiger partial charge in [-0.1, -0.05) is 12.1 Å². The fourth-order valence-corrected chi connectivity index (χ4v) is 1.86. The molecule has 2 aromatic rings. The number of carbonyl (C=O) groups is 1. The van der Waals surface area contributed by atoms with Crippen molar-refractivity contribution in [3.05, 3.63) is 41.8 Å². The average molecular weight is 336 g/mol. The minimum Gasteiger partial charge on any atom is -0.484 e. The first-order valence-electron chi connectivity index (χ1n) is 7.77. The Morgan fingerprint density at radius 1 is 1.38 bits per heavy atom. The van der Waals surface area contributed by atoms with Crippen molar-refractivity contribution in [2.24, 2.45) is 0 Å². The van der Waals surface area contributed by atoms with Crippen molar-refractivity contribution in [2.45, 2.75) is 26.4 Å². The number of aromatic nitrogens is 2. The van der Waals surface area contributed by atoms with Gasteiger partial charge in [-0.2, -0.15) is 4.98 Å². The topological polar surface area (TPSA) is 80.5 Å². The molecule has 24 heavy (non-hydrogen) atoms. The lowest BCUT2D eigenvalue weighted by atomic mass is 10.3. The van der Waals surface area contributed by atoms with Crippen LogP contribution in [-0.4, -0.2) is 41.2 Å². The van der Waals surface area contributed by atoms with Crippen LogP contribution in [0.15, 0.2) is 28.8 Å². The third kappa shape index (κ3) is 5.53. The van der Waals surface area contributed by atoms with Crippen LogP contribution in [0.5, 0.6) is 5.75 Å². The summed E-state index contributed by atoms with van der Waals surface area (Å²) in [7, 11) is 1.71. The van der Waals surface area contributed by atoms with Crippen LogP contribution in [0.3, 0.4) is 0 Å². The molecule has 0 spiro atoms. The molecule has 1 heterocycles. The van der Waals surface area contributed by atoms with Crippen LogP contribution in [-0.2, 0) is 13.0 Å². The number of hydrogen-bond acceptors (Lipinski definition) is 5. The summed E-state index contributed by atoms with van der Waals surface area (Å²) in [6, 6.07) is 5.55. The third-order valence-corrected chi connectivity index (χ3v) is 3.23. The van der Waals surface area contributed by atoms with Gasteiger partial charge in [0.25, 0.3) is 5.89 Å². The molecule has 7 nitrogen and oxygen atoms in total. The Kier molecular flexibility index (Phi) is 6.53. The lowest BCUT2D eigenvalue weighted by Crippen LogP contribution is -2.38. The number of rotatable bonds is 8. The van der Waals surface area contributed by atoms with Crippen molar-refractivity contribution in [1.29, 1.82) is 0 Å². The van der Waals surface area contributed by atoms with Gasteiger partial charge < -0.3 is 19.5 Å². The molecule has 8 heteroatoms. The summed E-state index contributed by atoms with van der Waals surface area (Å²) < 4.78 is 23.3. The van der Waals surface area contributed by atoms with E-state index >= 15 is 0 Å². The van der Waals surface area contributed by atoms with Crippen molar-refractivity contribution >= 4 is 6.03 Å². The van der Waals surface area contributed by atoms with E-state index in [4.69, 9.17) is 9.26 Å². The molecule has 1 aromatic heterocycles. The molecular weight excluding hydrogens is 315 g/mol. The Morgan fingerprint density at radius 2 is 2.12 bits per heavy atom. The van der Waals surface area contributed by atoms with Gasteiger partial charge in [0, 0.05) is 26.6 Å². The molecule has 1 N–H and O–H groups in total. The zero-order valence-electron chi connectivity index (χ0n) is 13.8. The van der Waals surface area contributed by atoms with Crippen LogP contribution in [0.1, 0.15) is 25.1 Å². The highest BCUT2D eigenvalue weighted by Gasteiger charge is 2.11. The molecule has 0 aliphatic heterocycles. The van der Waals surface area contributed by atoms with E-state index in [9.17, 15) is 9.18 Å². The molecule has 0 fully saturated rings. The van der Waals surface area contributed by atoms with Gasteiger partial charge in [0.2, 0.25) is 0 Å². The normalized spacial score (nSPS) is 10.5. The summed E-state index contributed by atoms with van der Waals surface area (Å²) in [4.78, 5) is 17.5. The molecule has 0 aliphatic carbocycles. The summed E-state index contributed by atoms with van der Waals surface area (Å²) in [5.74, 6) is 1.02. The number of hydrogen-bond donors (Lipinski definition) is 1. The molecule has 0 unspecified atom stereocenters. The lowest BCUT2D eigenvalue weighted by Gasteiger charge is -2.16. The zero-order chi connectivity index (χ0) is 17.4. The Balaban J connectivity index is 1.76. The second kappa shape index (κ2) is 8.85. The van der Waals surface area contributed by atoms with Crippen LogP contribution in [0.25, 0.3) is 0 Å². The van der Waals surface area contributed by atoms with Crippen molar-refractivity contribution in [1.82, 2.24) is 20.4 Å². The number of halogens is 1. The van der Waals surface area contributed by atoms with Crippen molar-refractivity contribution in [3.63, 3.8) is 0 Å².